The van der Waals surface area contributed by atoms with Gasteiger partial charge in [0.2, 0.25) is 27.7 Å². The molecule has 15 heteroatoms. The second-order valence-electron chi connectivity index (χ2n) is 8.67. The van der Waals surface area contributed by atoms with E-state index >= 15 is 0 Å². The molecule has 0 radical (unpaired) electrons. The minimum atomic E-state index is -4.37. The number of methoxy groups -OCH3 is 4. The van der Waals surface area contributed by atoms with E-state index in [1.54, 1.807) is 50.2 Å². The lowest BCUT2D eigenvalue weighted by molar-refractivity contribution is 0.191. The molecule has 1 aromatic carbocycles. The van der Waals surface area contributed by atoms with Crippen molar-refractivity contribution in [2.75, 3.05) is 33.2 Å². The van der Waals surface area contributed by atoms with Crippen molar-refractivity contribution in [3.63, 3.8) is 0 Å². The average Bonchev–Trinajstić information content (AvgIpc) is 3.37. The van der Waals surface area contributed by atoms with Crippen molar-refractivity contribution in [2.24, 2.45) is 9.98 Å². The van der Waals surface area contributed by atoms with Gasteiger partial charge in [0.05, 0.1) is 28.4 Å². The van der Waals surface area contributed by atoms with E-state index in [-0.39, 0.29) is 23.4 Å². The molecule has 0 spiro atoms. The molecule has 0 fully saturated rings. The quantitative estimate of drug-likeness (QED) is 0.224. The van der Waals surface area contributed by atoms with Gasteiger partial charge in [0.15, 0.2) is 5.82 Å². The molecule has 0 aliphatic carbocycles. The predicted octanol–water partition coefficient (Wildman–Crippen LogP) is 2.84. The lowest BCUT2D eigenvalue weighted by Gasteiger charge is -2.22. The van der Waals surface area contributed by atoms with Crippen LogP contribution in [0.3, 0.4) is 0 Å². The third-order valence-corrected chi connectivity index (χ3v) is 7.51. The second kappa shape index (κ2) is 13.2. The Morgan fingerprint density at radius 2 is 1.66 bits per heavy atom. The Morgan fingerprint density at radius 3 is 2.20 bits per heavy atom. The van der Waals surface area contributed by atoms with Gasteiger partial charge in [-0.3, -0.25) is 14.3 Å². The molecule has 2 heterocycles. The van der Waals surface area contributed by atoms with E-state index in [1.165, 1.54) is 39.9 Å². The number of nitrogens with zero attached hydrogens (tertiary/aromatic N) is 6. The molecule has 3 rings (SSSR count). The first-order valence-electron chi connectivity index (χ1n) is 12.2. The molecule has 220 valence electrons. The minimum Gasteiger partial charge on any atom is -0.494 e. The molecule has 0 aliphatic heterocycles. The smallest absolute Gasteiger partial charge is 0.243 e. The highest BCUT2D eigenvalue weighted by Gasteiger charge is 2.35. The number of aliphatic hydroxyl groups excluding tert-OH is 1. The first-order valence-corrected chi connectivity index (χ1v) is 13.7. The molecule has 0 saturated carbocycles. The largest absolute Gasteiger partial charge is 0.494 e. The molecule has 2 aromatic heterocycles. The monoisotopic (exact) mass is 587 g/mol. The van der Waals surface area contributed by atoms with Gasteiger partial charge in [-0.05, 0) is 45.7 Å². The first-order chi connectivity index (χ1) is 19.5. The molecule has 41 heavy (non-hydrogen) atoms. The maximum absolute atomic E-state index is 13.6. The lowest BCUT2D eigenvalue weighted by Crippen LogP contribution is -2.37. The van der Waals surface area contributed by atoms with Crippen molar-refractivity contribution in [1.29, 1.82) is 0 Å². The topological polar surface area (TPSA) is 172 Å². The number of para-hydroxylation sites is 1. The van der Waals surface area contributed by atoms with E-state index in [9.17, 15) is 13.5 Å². The molecule has 3 aromatic rings. The van der Waals surface area contributed by atoms with Gasteiger partial charge in [-0.25, -0.2) is 18.4 Å². The van der Waals surface area contributed by atoms with Crippen LogP contribution >= 0.6 is 0 Å². The highest BCUT2D eigenvalue weighted by molar-refractivity contribution is 7.93. The number of aliphatic imine (C=N–C) groups is 2. The number of hydrogen-bond acceptors (Lipinski definition) is 12. The van der Waals surface area contributed by atoms with Gasteiger partial charge in [0.1, 0.15) is 39.9 Å². The Labute approximate surface area is 238 Å². The van der Waals surface area contributed by atoms with Crippen LogP contribution in [0, 0.1) is 0 Å². The molecular weight excluding hydrogens is 554 g/mol. The molecule has 0 amide bonds. The number of benzene rings is 1. The Bertz CT molecular complexity index is 1540. The SMILES string of the molecule is C=N/C(=C(\N=C(C)C)OC)[C@@H](O)[C@H](C)S(=O)(=O)Nc1nnc(-c2cccc(OC)n2)n1-c1c(OC)cccc1OC. The third kappa shape index (κ3) is 6.63. The maximum Gasteiger partial charge on any atom is 0.243 e. The minimum absolute atomic E-state index is 0.0668. The summed E-state index contributed by atoms with van der Waals surface area (Å²) in [5, 5.41) is 17.9. The molecule has 14 nitrogen and oxygen atoms in total. The Morgan fingerprint density at radius 1 is 1.02 bits per heavy atom. The first kappa shape index (κ1) is 31.0. The Kier molecular flexibility index (Phi) is 10.0. The zero-order valence-electron chi connectivity index (χ0n) is 23.8. The fourth-order valence-corrected chi connectivity index (χ4v) is 4.78. The summed E-state index contributed by atoms with van der Waals surface area (Å²) in [4.78, 5) is 12.4. The summed E-state index contributed by atoms with van der Waals surface area (Å²) in [6, 6.07) is 10.1. The Balaban J connectivity index is 2.20. The highest BCUT2D eigenvalue weighted by Crippen LogP contribution is 2.38. The fourth-order valence-electron chi connectivity index (χ4n) is 3.74. The molecule has 0 aliphatic rings. The Hall–Kier alpha value is -4.50. The number of sulfonamides is 1. The van der Waals surface area contributed by atoms with Crippen molar-refractivity contribution >= 4 is 28.4 Å². The summed E-state index contributed by atoms with van der Waals surface area (Å²) in [7, 11) is 1.34. The number of ether oxygens (including phenoxy) is 4. The number of nitrogens with one attached hydrogen (secondary N) is 1. The van der Waals surface area contributed by atoms with Gasteiger partial charge in [0.25, 0.3) is 0 Å². The van der Waals surface area contributed by atoms with Crippen LogP contribution in [-0.2, 0) is 14.8 Å². The highest BCUT2D eigenvalue weighted by atomic mass is 32.2. The van der Waals surface area contributed by atoms with E-state index in [1.807, 2.05) is 0 Å². The van der Waals surface area contributed by atoms with E-state index in [0.717, 1.165) is 0 Å². The summed E-state index contributed by atoms with van der Waals surface area (Å²) in [6.07, 6.45) is -1.67. The summed E-state index contributed by atoms with van der Waals surface area (Å²) in [5.41, 5.74) is 1.07. The number of aromatic nitrogens is 4. The summed E-state index contributed by atoms with van der Waals surface area (Å²) < 4.78 is 52.7. The van der Waals surface area contributed by atoms with Gasteiger partial charge >= 0.3 is 0 Å². The standard InChI is InChI=1S/C26H33N7O7S/c1-15(2)28-25(40-8)21(27-4)23(34)16(3)41(35,36)32-26-31-30-24(17-11-9-14-20(29-17)39-7)33(26)22-18(37-5)12-10-13-19(22)38-6/h9-14,16,23,34H,4H2,1-3,5-8H3,(H,31,32)/b25-21+/t16-,23-/m0/s1. The molecule has 2 N–H and O–H groups in total. The summed E-state index contributed by atoms with van der Waals surface area (Å²) in [5.74, 6) is 0.833. The van der Waals surface area contributed by atoms with Gasteiger partial charge < -0.3 is 24.1 Å². The van der Waals surface area contributed by atoms with Crippen LogP contribution in [0.15, 0.2) is 58.0 Å². The number of anilines is 1. The zero-order chi connectivity index (χ0) is 30.3. The van der Waals surface area contributed by atoms with Crippen molar-refractivity contribution in [1.82, 2.24) is 19.7 Å². The summed E-state index contributed by atoms with van der Waals surface area (Å²) >= 11 is 0. The van der Waals surface area contributed by atoms with Crippen LogP contribution in [0.1, 0.15) is 20.8 Å². The molecular formula is C26H33N7O7S. The zero-order valence-corrected chi connectivity index (χ0v) is 24.6. The van der Waals surface area contributed by atoms with E-state index in [4.69, 9.17) is 18.9 Å². The van der Waals surface area contributed by atoms with E-state index in [0.29, 0.717) is 34.5 Å². The van der Waals surface area contributed by atoms with Crippen LogP contribution < -0.4 is 18.9 Å². The van der Waals surface area contributed by atoms with Crippen LogP contribution in [0.2, 0.25) is 0 Å². The lowest BCUT2D eigenvalue weighted by atomic mass is 10.2. The third-order valence-electron chi connectivity index (χ3n) is 5.81. The van der Waals surface area contributed by atoms with Gasteiger partial charge in [0, 0.05) is 11.8 Å². The predicted molar refractivity (Wildman–Crippen MR) is 155 cm³/mol. The van der Waals surface area contributed by atoms with Crippen molar-refractivity contribution in [2.45, 2.75) is 32.1 Å². The number of aliphatic hydroxyl groups is 1. The number of pyridine rings is 1. The molecule has 0 saturated heterocycles. The van der Waals surface area contributed by atoms with Crippen molar-refractivity contribution in [3.05, 3.63) is 48.0 Å². The number of hydrogen-bond donors (Lipinski definition) is 2. The van der Waals surface area contributed by atoms with Crippen LogP contribution in [0.5, 0.6) is 17.4 Å². The van der Waals surface area contributed by atoms with Gasteiger partial charge in [-0.15, -0.1) is 10.2 Å². The summed E-state index contributed by atoms with van der Waals surface area (Å²) in [6.45, 7) is 8.16. The van der Waals surface area contributed by atoms with Crippen LogP contribution in [0.25, 0.3) is 17.2 Å². The van der Waals surface area contributed by atoms with E-state index < -0.39 is 21.4 Å². The van der Waals surface area contributed by atoms with Crippen LogP contribution in [-0.4, -0.2) is 85.5 Å². The van der Waals surface area contributed by atoms with Gasteiger partial charge in [-0.1, -0.05) is 12.1 Å². The molecule has 0 bridgehead atoms. The van der Waals surface area contributed by atoms with Crippen molar-refractivity contribution < 1.29 is 32.5 Å². The number of rotatable bonds is 13. The molecule has 2 atom stereocenters. The van der Waals surface area contributed by atoms with Crippen molar-refractivity contribution in [3.8, 4) is 34.6 Å². The van der Waals surface area contributed by atoms with Gasteiger partial charge in [-0.2, -0.15) is 0 Å². The average molecular weight is 588 g/mol. The fraction of sp³-hybridized carbons (Fsp3) is 0.346. The van der Waals surface area contributed by atoms with Crippen LogP contribution in [0.4, 0.5) is 5.95 Å². The van der Waals surface area contributed by atoms with E-state index in [2.05, 4.69) is 36.6 Å². The normalized spacial score (nSPS) is 13.4. The second-order valence-corrected chi connectivity index (χ2v) is 10.7. The maximum atomic E-state index is 13.6. The molecule has 0 unspecified atom stereocenters.